The number of hydrogen-bond donors (Lipinski definition) is 0. The topological polar surface area (TPSA) is 29.5 Å². The SMILES string of the molecule is COC(=O)C1CCCN1Cc1cccc(F)c1Cl. The minimum absolute atomic E-state index is 0.132. The van der Waals surface area contributed by atoms with Gasteiger partial charge < -0.3 is 4.74 Å². The van der Waals surface area contributed by atoms with E-state index in [2.05, 4.69) is 0 Å². The lowest BCUT2D eigenvalue weighted by Gasteiger charge is -2.22. The fourth-order valence-electron chi connectivity index (χ4n) is 2.31. The van der Waals surface area contributed by atoms with E-state index in [1.165, 1.54) is 13.2 Å². The summed E-state index contributed by atoms with van der Waals surface area (Å²) < 4.78 is 18.1. The molecule has 98 valence electrons. The number of esters is 1. The summed E-state index contributed by atoms with van der Waals surface area (Å²) in [4.78, 5) is 13.6. The minimum Gasteiger partial charge on any atom is -0.468 e. The highest BCUT2D eigenvalue weighted by molar-refractivity contribution is 6.31. The standard InChI is InChI=1S/C13H15ClFNO2/c1-18-13(17)11-6-3-7-16(11)8-9-4-2-5-10(15)12(9)14/h2,4-5,11H,3,6-8H2,1H3. The van der Waals surface area contributed by atoms with Gasteiger partial charge in [-0.3, -0.25) is 9.69 Å². The summed E-state index contributed by atoms with van der Waals surface area (Å²) in [6.45, 7) is 1.27. The van der Waals surface area contributed by atoms with Crippen molar-refractivity contribution in [3.63, 3.8) is 0 Å². The average Bonchev–Trinajstić information content (AvgIpc) is 2.82. The number of benzene rings is 1. The number of hydrogen-bond acceptors (Lipinski definition) is 3. The first kappa shape index (κ1) is 13.3. The van der Waals surface area contributed by atoms with Crippen LogP contribution in [-0.2, 0) is 16.1 Å². The van der Waals surface area contributed by atoms with Gasteiger partial charge in [0, 0.05) is 6.54 Å². The van der Waals surface area contributed by atoms with Gasteiger partial charge >= 0.3 is 5.97 Å². The van der Waals surface area contributed by atoms with E-state index in [-0.39, 0.29) is 17.0 Å². The molecule has 2 rings (SSSR count). The van der Waals surface area contributed by atoms with Crippen molar-refractivity contribution in [3.05, 3.63) is 34.6 Å². The van der Waals surface area contributed by atoms with Gasteiger partial charge in [-0.2, -0.15) is 0 Å². The first-order chi connectivity index (χ1) is 8.63. The molecule has 1 aliphatic heterocycles. The highest BCUT2D eigenvalue weighted by Gasteiger charge is 2.31. The molecule has 0 aromatic heterocycles. The first-order valence-electron chi connectivity index (χ1n) is 5.88. The molecule has 0 radical (unpaired) electrons. The largest absolute Gasteiger partial charge is 0.468 e. The Morgan fingerprint density at radius 2 is 2.39 bits per heavy atom. The van der Waals surface area contributed by atoms with E-state index in [4.69, 9.17) is 16.3 Å². The number of carbonyl (C=O) groups excluding carboxylic acids is 1. The normalized spacial score (nSPS) is 20.1. The predicted octanol–water partition coefficient (Wildman–Crippen LogP) is 2.62. The van der Waals surface area contributed by atoms with Gasteiger partial charge in [0.2, 0.25) is 0 Å². The van der Waals surface area contributed by atoms with Crippen LogP contribution in [0.1, 0.15) is 18.4 Å². The smallest absolute Gasteiger partial charge is 0.323 e. The molecule has 1 unspecified atom stereocenters. The van der Waals surface area contributed by atoms with Crippen LogP contribution in [0.4, 0.5) is 4.39 Å². The average molecular weight is 272 g/mol. The van der Waals surface area contributed by atoms with Gasteiger partial charge in [0.05, 0.1) is 12.1 Å². The van der Waals surface area contributed by atoms with Crippen molar-refractivity contribution >= 4 is 17.6 Å². The maximum Gasteiger partial charge on any atom is 0.323 e. The van der Waals surface area contributed by atoms with Crippen LogP contribution in [0.3, 0.4) is 0 Å². The number of carbonyl (C=O) groups is 1. The Labute approximate surface area is 110 Å². The van der Waals surface area contributed by atoms with Gasteiger partial charge in [-0.25, -0.2) is 4.39 Å². The molecule has 1 aliphatic rings. The Balaban J connectivity index is 2.13. The summed E-state index contributed by atoms with van der Waals surface area (Å²) in [7, 11) is 1.38. The summed E-state index contributed by atoms with van der Waals surface area (Å²) in [5.41, 5.74) is 0.701. The molecule has 1 atom stereocenters. The lowest BCUT2D eigenvalue weighted by molar-refractivity contribution is -0.146. The van der Waals surface area contributed by atoms with Crippen LogP contribution in [0.15, 0.2) is 18.2 Å². The van der Waals surface area contributed by atoms with E-state index < -0.39 is 5.82 Å². The van der Waals surface area contributed by atoms with Crippen LogP contribution in [0, 0.1) is 5.82 Å². The summed E-state index contributed by atoms with van der Waals surface area (Å²) in [5.74, 6) is -0.664. The lowest BCUT2D eigenvalue weighted by Crippen LogP contribution is -2.36. The van der Waals surface area contributed by atoms with E-state index in [1.54, 1.807) is 12.1 Å². The summed E-state index contributed by atoms with van der Waals surface area (Å²) in [6.07, 6.45) is 1.71. The summed E-state index contributed by atoms with van der Waals surface area (Å²) >= 11 is 5.91. The Kier molecular flexibility index (Phi) is 4.19. The maximum atomic E-state index is 13.3. The molecule has 0 bridgehead atoms. The zero-order chi connectivity index (χ0) is 13.1. The zero-order valence-corrected chi connectivity index (χ0v) is 10.9. The third-order valence-corrected chi connectivity index (χ3v) is 3.67. The van der Waals surface area contributed by atoms with Crippen molar-refractivity contribution in [1.29, 1.82) is 0 Å². The molecule has 0 saturated carbocycles. The number of rotatable bonds is 3. The Morgan fingerprint density at radius 1 is 1.61 bits per heavy atom. The van der Waals surface area contributed by atoms with Gasteiger partial charge in [-0.1, -0.05) is 23.7 Å². The molecule has 1 fully saturated rings. The molecule has 1 heterocycles. The highest BCUT2D eigenvalue weighted by Crippen LogP contribution is 2.25. The van der Waals surface area contributed by atoms with Crippen molar-refractivity contribution in [2.75, 3.05) is 13.7 Å². The molecule has 1 saturated heterocycles. The van der Waals surface area contributed by atoms with E-state index >= 15 is 0 Å². The number of methoxy groups -OCH3 is 1. The van der Waals surface area contributed by atoms with Gasteiger partial charge in [-0.15, -0.1) is 0 Å². The number of ether oxygens (including phenoxy) is 1. The first-order valence-corrected chi connectivity index (χ1v) is 6.26. The van der Waals surface area contributed by atoms with E-state index in [0.29, 0.717) is 12.1 Å². The second-order valence-corrected chi connectivity index (χ2v) is 4.74. The van der Waals surface area contributed by atoms with Crippen molar-refractivity contribution in [2.45, 2.75) is 25.4 Å². The third-order valence-electron chi connectivity index (χ3n) is 3.24. The second kappa shape index (κ2) is 5.67. The molecular formula is C13H15ClFNO2. The molecule has 3 nitrogen and oxygen atoms in total. The maximum absolute atomic E-state index is 13.3. The second-order valence-electron chi connectivity index (χ2n) is 4.36. The molecule has 0 N–H and O–H groups in total. The van der Waals surface area contributed by atoms with Gasteiger partial charge in [0.1, 0.15) is 11.9 Å². The molecule has 0 aliphatic carbocycles. The molecule has 0 spiro atoms. The molecule has 0 amide bonds. The predicted molar refractivity (Wildman–Crippen MR) is 66.9 cm³/mol. The molecular weight excluding hydrogens is 257 g/mol. The Hall–Kier alpha value is -1.13. The van der Waals surface area contributed by atoms with Crippen molar-refractivity contribution in [2.24, 2.45) is 0 Å². The zero-order valence-electron chi connectivity index (χ0n) is 10.2. The number of halogens is 2. The Morgan fingerprint density at radius 3 is 3.11 bits per heavy atom. The number of likely N-dealkylation sites (tertiary alicyclic amines) is 1. The van der Waals surface area contributed by atoms with Crippen LogP contribution < -0.4 is 0 Å². The van der Waals surface area contributed by atoms with Gasteiger partial charge in [0.25, 0.3) is 0 Å². The van der Waals surface area contributed by atoms with E-state index in [1.807, 2.05) is 4.90 Å². The van der Waals surface area contributed by atoms with E-state index in [9.17, 15) is 9.18 Å². The van der Waals surface area contributed by atoms with Crippen LogP contribution in [-0.4, -0.2) is 30.6 Å². The van der Waals surface area contributed by atoms with Gasteiger partial charge in [0.15, 0.2) is 0 Å². The number of nitrogens with zero attached hydrogens (tertiary/aromatic N) is 1. The molecule has 1 aromatic rings. The van der Waals surface area contributed by atoms with E-state index in [0.717, 1.165) is 19.4 Å². The molecule has 18 heavy (non-hydrogen) atoms. The highest BCUT2D eigenvalue weighted by atomic mass is 35.5. The third kappa shape index (κ3) is 2.65. The van der Waals surface area contributed by atoms with Crippen molar-refractivity contribution < 1.29 is 13.9 Å². The summed E-state index contributed by atoms with van der Waals surface area (Å²) in [5, 5.41) is 0.132. The van der Waals surface area contributed by atoms with Gasteiger partial charge in [-0.05, 0) is 31.0 Å². The molecule has 1 aromatic carbocycles. The fraction of sp³-hybridized carbons (Fsp3) is 0.462. The van der Waals surface area contributed by atoms with Crippen LogP contribution in [0.5, 0.6) is 0 Å². The molecule has 5 heteroatoms. The quantitative estimate of drug-likeness (QED) is 0.792. The Bertz CT molecular complexity index is 453. The van der Waals surface area contributed by atoms with Crippen LogP contribution in [0.2, 0.25) is 5.02 Å². The van der Waals surface area contributed by atoms with Crippen molar-refractivity contribution in [1.82, 2.24) is 4.90 Å². The minimum atomic E-state index is -0.428. The fourth-order valence-corrected chi connectivity index (χ4v) is 2.49. The summed E-state index contributed by atoms with van der Waals surface area (Å²) in [6, 6.07) is 4.49. The van der Waals surface area contributed by atoms with Crippen LogP contribution in [0.25, 0.3) is 0 Å². The monoisotopic (exact) mass is 271 g/mol. The lowest BCUT2D eigenvalue weighted by atomic mass is 10.1. The van der Waals surface area contributed by atoms with Crippen molar-refractivity contribution in [3.8, 4) is 0 Å². The van der Waals surface area contributed by atoms with Crippen LogP contribution >= 0.6 is 11.6 Å².